The molecule has 3 aliphatic heterocycles. The van der Waals surface area contributed by atoms with Gasteiger partial charge in [0, 0.05) is 91.0 Å². The SMILES string of the molecule is C.C1CCOC1.NN.NO[13CH2][13CH2][13CH2]O.NO[13CH2][13CH2][13CH2]OC[B-](F)(F)F.O=C1c2ccccc2C(=O)N1O.O=C1c2ccccc2C(=O)N1O[13CH2][13CH2][13CH2]O.O[13CH2][13CH2][13CH2]Br.[2H][B].[K+].[U]. The maximum atomic E-state index is 11.7. The zero-order valence-corrected chi connectivity index (χ0v) is 42.3. The van der Waals surface area contributed by atoms with Gasteiger partial charge in [-0.15, -0.1) is 10.1 Å². The molecular weight excluding hydrogens is 1150 g/mol. The predicted molar refractivity (Wildman–Crippen MR) is 218 cm³/mol. The molecule has 61 heavy (non-hydrogen) atoms. The van der Waals surface area contributed by atoms with Gasteiger partial charge in [0.05, 0.1) is 42.1 Å². The van der Waals surface area contributed by atoms with Crippen LogP contribution in [0.3, 0.4) is 0 Å². The Labute approximate surface area is 432 Å². The normalized spacial score (nSPS) is 12.7. The van der Waals surface area contributed by atoms with Crippen molar-refractivity contribution in [2.75, 3.05) is 71.3 Å². The van der Waals surface area contributed by atoms with Gasteiger partial charge in [0.2, 0.25) is 0 Å². The van der Waals surface area contributed by atoms with E-state index in [0.29, 0.717) is 43.6 Å². The molecule has 0 unspecified atom stereocenters. The van der Waals surface area contributed by atoms with E-state index < -0.39 is 37.1 Å². The van der Waals surface area contributed by atoms with Crippen LogP contribution in [-0.2, 0) is 24.0 Å². The molecule has 27 heteroatoms. The molecule has 2 radical (unpaired) electrons. The number of carbonyl (C=O) groups excluding carboxylic acids is 4. The molecular formula is C34H59B2BrF3KN6O13U. The number of aliphatic hydroxyl groups excluding tert-OH is 3. The number of ether oxygens (including phenoxy) is 2. The number of hydrogen-bond donors (Lipinski definition) is 8. The summed E-state index contributed by atoms with van der Waals surface area (Å²) < 4.78 is 48.8. The molecule has 0 aliphatic carbocycles. The van der Waals surface area contributed by atoms with Crippen LogP contribution in [-0.4, -0.2) is 142 Å². The minimum atomic E-state index is -4.82. The van der Waals surface area contributed by atoms with Gasteiger partial charge in [-0.1, -0.05) is 47.6 Å². The summed E-state index contributed by atoms with van der Waals surface area (Å²) >= 11 is 3.15. The molecule has 4 amide bonds. The van der Waals surface area contributed by atoms with E-state index in [0.717, 1.165) is 30.0 Å². The molecule has 0 bridgehead atoms. The smallest absolute Gasteiger partial charge is 0.447 e. The third-order valence-electron chi connectivity index (χ3n) is 6.45. The number of hydroxylamine groups is 4. The first-order valence-electron chi connectivity index (χ1n) is 17.9. The zero-order chi connectivity index (χ0) is 45.5. The number of hydrogen-bond acceptors (Lipinski definition) is 17. The van der Waals surface area contributed by atoms with Crippen molar-refractivity contribution in [3.8, 4) is 0 Å². The second-order valence-electron chi connectivity index (χ2n) is 10.9. The van der Waals surface area contributed by atoms with Crippen molar-refractivity contribution in [3.05, 3.63) is 70.8 Å². The molecule has 0 aromatic heterocycles. The van der Waals surface area contributed by atoms with E-state index in [1.807, 2.05) is 0 Å². The third kappa shape index (κ3) is 33.4. The Hall–Kier alpha value is -0.712. The van der Waals surface area contributed by atoms with Crippen molar-refractivity contribution in [3.63, 3.8) is 0 Å². The van der Waals surface area contributed by atoms with Crippen LogP contribution in [0.25, 0.3) is 0 Å². The second kappa shape index (κ2) is 47.3. The van der Waals surface area contributed by atoms with E-state index >= 15 is 0 Å². The van der Waals surface area contributed by atoms with Gasteiger partial charge in [0.15, 0.2) is 0 Å². The zero-order valence-electron chi connectivity index (χ0n) is 34.5. The molecule has 2 aromatic rings. The number of imide groups is 2. The summed E-state index contributed by atoms with van der Waals surface area (Å²) in [6.45, 7) is -2.73. The van der Waals surface area contributed by atoms with E-state index in [9.17, 15) is 32.1 Å². The Morgan fingerprint density at radius 2 is 1.10 bits per heavy atom. The van der Waals surface area contributed by atoms with Crippen molar-refractivity contribution in [2.45, 2.75) is 46.0 Å². The minimum Gasteiger partial charge on any atom is -0.447 e. The molecule has 1 saturated heterocycles. The standard InChI is InChI=1S/C11H11NO4.C8H5NO3.C4H10BF3NO2.C4H8O.C3H7BrO.C3H9NO2.CH4.BH.K.H4N2.U/c13-6-3-7-16-12-10(14)8-4-1-2-5-9(8)11(12)15;10-7-5-3-1-2-4-6(5)8(11)9(7)12;6-5(7,8)4-10-2-1-3-11-9;1-2-4-5-3-1;4-2-1-3-5;4-6-3-1-2-5;;;;1-2;/h1-2,4-5,13H,3,6-7H2;1-4,12H;1-4,9H2;1-4H2;5H,1-3H2;5H,1-4H2;1H4;1H;;1-2H2;/q;;-1;;;;;;+1;;/i3+1,6+1,7+1;;1+1,2+1,3+1;;2*1+1,2+1,3+1;;1D;;;. The summed E-state index contributed by atoms with van der Waals surface area (Å²) in [5.74, 6) is 15.0. The number of aliphatic hydroxyl groups is 3. The van der Waals surface area contributed by atoms with Crippen molar-refractivity contribution in [1.29, 1.82) is 1.34 Å². The molecule has 5 rings (SSSR count). The van der Waals surface area contributed by atoms with Crippen LogP contribution in [0, 0.1) is 31.1 Å². The van der Waals surface area contributed by atoms with Crippen molar-refractivity contribution < 1.29 is 159 Å². The van der Waals surface area contributed by atoms with E-state index in [1.54, 1.807) is 36.4 Å². The number of alkyl halides is 1. The van der Waals surface area contributed by atoms with Crippen molar-refractivity contribution >= 4 is 54.9 Å². The second-order valence-corrected chi connectivity index (χ2v) is 11.7. The molecule has 0 atom stereocenters. The Balaban J connectivity index is -0.000000155. The van der Waals surface area contributed by atoms with E-state index in [1.165, 1.54) is 25.0 Å². The molecule has 2 aromatic carbocycles. The number of rotatable bonds is 15. The molecule has 1 fully saturated rings. The van der Waals surface area contributed by atoms with Crippen LogP contribution in [0.2, 0.25) is 0 Å². The van der Waals surface area contributed by atoms with Crippen LogP contribution in [0.4, 0.5) is 12.9 Å². The number of nitrogens with two attached hydrogens (primary N) is 4. The van der Waals surface area contributed by atoms with Gasteiger partial charge in [0.1, 0.15) is 0 Å². The first kappa shape index (κ1) is 69.3. The van der Waals surface area contributed by atoms with Crippen LogP contribution < -0.4 is 74.9 Å². The Kier molecular flexibility index (Phi) is 53.7. The quantitative estimate of drug-likeness (QED) is 0.0148. The molecule has 342 valence electrons. The minimum absolute atomic E-state index is 0. The molecule has 3 heterocycles. The van der Waals surface area contributed by atoms with Gasteiger partial charge >= 0.3 is 58.4 Å². The maximum Gasteiger partial charge on any atom is 1.00 e. The van der Waals surface area contributed by atoms with Crippen LogP contribution in [0.15, 0.2) is 48.5 Å². The molecule has 0 saturated carbocycles. The molecule has 0 spiro atoms. The summed E-state index contributed by atoms with van der Waals surface area (Å²) in [4.78, 5) is 58.8. The van der Waals surface area contributed by atoms with Crippen LogP contribution >= 0.6 is 15.9 Å². The maximum absolute atomic E-state index is 11.7. The fourth-order valence-electron chi connectivity index (χ4n) is 3.86. The number of benzene rings is 2. The Bertz CT molecular complexity index is 1330. The summed E-state index contributed by atoms with van der Waals surface area (Å²) in [5.41, 5.74) is 1.22. The summed E-state index contributed by atoms with van der Waals surface area (Å²) in [5, 5.41) is 35.4. The molecule has 12 N–H and O–H groups in total. The van der Waals surface area contributed by atoms with Crippen LogP contribution in [0.1, 0.15) is 87.4 Å². The fraction of sp³-hybridized carbons (Fsp3) is 0.529. The molecule has 19 nitrogen and oxygen atoms in total. The number of hydrazine groups is 1. The predicted octanol–water partition coefficient (Wildman–Crippen LogP) is -1.43. The average molecular weight is 1210 g/mol. The van der Waals surface area contributed by atoms with Crippen molar-refractivity contribution in [2.24, 2.45) is 23.5 Å². The van der Waals surface area contributed by atoms with Gasteiger partial charge in [-0.25, -0.2) is 11.8 Å². The van der Waals surface area contributed by atoms with Crippen molar-refractivity contribution in [1.82, 2.24) is 10.1 Å². The van der Waals surface area contributed by atoms with Gasteiger partial charge in [-0.2, -0.15) is 0 Å². The van der Waals surface area contributed by atoms with Gasteiger partial charge < -0.3 is 47.4 Å². The topological polar surface area (TPSA) is 306 Å². The summed E-state index contributed by atoms with van der Waals surface area (Å²) in [7, 11) is 3.75. The number of amides is 4. The molecule has 3 aliphatic rings. The van der Waals surface area contributed by atoms with E-state index in [2.05, 4.69) is 62.2 Å². The summed E-state index contributed by atoms with van der Waals surface area (Å²) in [6, 6.07) is 12.9. The first-order chi connectivity index (χ1) is 28.4. The van der Waals surface area contributed by atoms with Gasteiger partial charge in [-0.3, -0.25) is 40.9 Å². The van der Waals surface area contributed by atoms with Crippen LogP contribution in [0.5, 0.6) is 0 Å². The largest absolute Gasteiger partial charge is 1.00 e. The monoisotopic (exact) mass is 1210 g/mol. The third-order valence-corrected chi connectivity index (χ3v) is 7.01. The number of carbonyl (C=O) groups is 4. The number of fused-ring (bicyclic) bond motifs is 2. The Morgan fingerprint density at radius 3 is 1.39 bits per heavy atom. The van der Waals surface area contributed by atoms with Gasteiger partial charge in [-0.05, 0) is 64.1 Å². The average Bonchev–Trinajstić information content (AvgIpc) is 3.97. The number of halogens is 4. The number of nitrogens with zero attached hydrogens (tertiary/aromatic N) is 2. The van der Waals surface area contributed by atoms with E-state index in [-0.39, 0.29) is 139 Å². The fourth-order valence-corrected chi connectivity index (χ4v) is 4.11. The van der Waals surface area contributed by atoms with E-state index in [4.69, 9.17) is 31.4 Å². The Morgan fingerprint density at radius 1 is 0.721 bits per heavy atom. The van der Waals surface area contributed by atoms with Gasteiger partial charge in [0.25, 0.3) is 23.6 Å². The summed E-state index contributed by atoms with van der Waals surface area (Å²) in [6.07, 6.45) is 4.80. The first-order valence-corrected chi connectivity index (χ1v) is 18.5.